The van der Waals surface area contributed by atoms with Crippen molar-refractivity contribution in [3.8, 4) is 0 Å². The Morgan fingerprint density at radius 3 is 2.76 bits per heavy atom. The minimum Gasteiger partial charge on any atom is -0.469 e. The van der Waals surface area contributed by atoms with Crippen molar-refractivity contribution in [2.75, 3.05) is 26.7 Å². The lowest BCUT2D eigenvalue weighted by molar-refractivity contribution is -0.145. The van der Waals surface area contributed by atoms with Gasteiger partial charge in [0.05, 0.1) is 25.3 Å². The molecule has 0 aromatic carbocycles. The van der Waals surface area contributed by atoms with Crippen molar-refractivity contribution in [3.63, 3.8) is 0 Å². The molecule has 25 heavy (non-hydrogen) atoms. The Hall–Kier alpha value is -1.63. The van der Waals surface area contributed by atoms with Crippen LogP contribution in [0.4, 0.5) is 0 Å². The summed E-state index contributed by atoms with van der Waals surface area (Å²) in [6, 6.07) is 0. The van der Waals surface area contributed by atoms with Crippen LogP contribution in [0.3, 0.4) is 0 Å². The zero-order valence-corrected chi connectivity index (χ0v) is 16.9. The van der Waals surface area contributed by atoms with Gasteiger partial charge in [0.1, 0.15) is 5.01 Å². The number of methoxy groups -OCH3 is 1. The smallest absolute Gasteiger partial charge is 0.310 e. The molecular weight excluding hydrogens is 336 g/mol. The van der Waals surface area contributed by atoms with E-state index in [0.717, 1.165) is 29.8 Å². The van der Waals surface area contributed by atoms with E-state index in [-0.39, 0.29) is 23.2 Å². The topological polar surface area (TPSA) is 66.8 Å². The van der Waals surface area contributed by atoms with Gasteiger partial charge in [-0.05, 0) is 12.8 Å². The molecule has 1 aromatic rings. The van der Waals surface area contributed by atoms with E-state index in [0.29, 0.717) is 13.1 Å². The van der Waals surface area contributed by atoms with Gasteiger partial charge >= 0.3 is 5.97 Å². The van der Waals surface area contributed by atoms with Gasteiger partial charge in [0.25, 0.3) is 0 Å². The normalized spacial score (nSPS) is 21.5. The maximum Gasteiger partial charge on any atom is 0.310 e. The second-order valence-corrected chi connectivity index (χ2v) is 8.50. The van der Waals surface area contributed by atoms with E-state index >= 15 is 0 Å². The number of ether oxygens (including phenoxy) is 1. The average Bonchev–Trinajstić information content (AvgIpc) is 3.17. The summed E-state index contributed by atoms with van der Waals surface area (Å²) in [5.74, 6) is 0.860. The molecule has 1 N–H and O–H groups in total. The highest BCUT2D eigenvalue weighted by molar-refractivity contribution is 7.09. The largest absolute Gasteiger partial charge is 0.469 e. The van der Waals surface area contributed by atoms with E-state index < -0.39 is 0 Å². The molecule has 2 heterocycles. The number of thiazole rings is 1. The van der Waals surface area contributed by atoms with Crippen molar-refractivity contribution in [1.29, 1.82) is 0 Å². The van der Waals surface area contributed by atoms with Crippen LogP contribution >= 0.6 is 11.3 Å². The Kier molecular flexibility index (Phi) is 6.43. The van der Waals surface area contributed by atoms with Crippen LogP contribution in [0.15, 0.2) is 10.4 Å². The van der Waals surface area contributed by atoms with Gasteiger partial charge in [0.15, 0.2) is 5.96 Å². The number of aromatic nitrogens is 1. The van der Waals surface area contributed by atoms with E-state index in [2.05, 4.69) is 43.3 Å². The third-order valence-electron chi connectivity index (χ3n) is 4.43. The molecule has 1 aliphatic rings. The van der Waals surface area contributed by atoms with Crippen LogP contribution in [-0.4, -0.2) is 48.6 Å². The minimum atomic E-state index is -0.138. The molecule has 1 aromatic heterocycles. The van der Waals surface area contributed by atoms with E-state index in [4.69, 9.17) is 14.7 Å². The monoisotopic (exact) mass is 366 g/mol. The quantitative estimate of drug-likeness (QED) is 0.504. The lowest BCUT2D eigenvalue weighted by Crippen LogP contribution is -2.40. The van der Waals surface area contributed by atoms with Gasteiger partial charge in [0.2, 0.25) is 0 Å². The fourth-order valence-corrected chi connectivity index (χ4v) is 3.84. The third kappa shape index (κ3) is 4.93. The van der Waals surface area contributed by atoms with Crippen LogP contribution in [0.2, 0.25) is 0 Å². The number of carbonyl (C=O) groups is 1. The zero-order valence-electron chi connectivity index (χ0n) is 16.1. The van der Waals surface area contributed by atoms with E-state index in [1.165, 1.54) is 7.11 Å². The Morgan fingerprint density at radius 1 is 1.48 bits per heavy atom. The maximum absolute atomic E-state index is 11.9. The first-order valence-electron chi connectivity index (χ1n) is 8.82. The molecule has 0 spiro atoms. The molecule has 1 aliphatic heterocycles. The van der Waals surface area contributed by atoms with E-state index in [1.807, 2.05) is 6.92 Å². The number of rotatable bonds is 4. The standard InChI is InChI=1S/C18H30N4O2S/c1-7-19-17(22-9-12(2)13(10-22)16(23)24-6)20-8-15-21-14(11-25-15)18(3,4)5/h11-13H,7-10H2,1-6H3,(H,19,20). The first kappa shape index (κ1) is 19.7. The third-order valence-corrected chi connectivity index (χ3v) is 5.27. The van der Waals surface area contributed by atoms with Gasteiger partial charge < -0.3 is 15.0 Å². The molecule has 6 nitrogen and oxygen atoms in total. The first-order valence-corrected chi connectivity index (χ1v) is 9.70. The van der Waals surface area contributed by atoms with Gasteiger partial charge in [-0.3, -0.25) is 4.79 Å². The van der Waals surface area contributed by atoms with Crippen LogP contribution in [-0.2, 0) is 21.5 Å². The number of guanidine groups is 1. The molecular formula is C18H30N4O2S. The Morgan fingerprint density at radius 2 is 2.20 bits per heavy atom. The molecule has 0 saturated carbocycles. The Balaban J connectivity index is 2.09. The number of esters is 1. The fourth-order valence-electron chi connectivity index (χ4n) is 2.89. The molecule has 1 saturated heterocycles. The molecule has 7 heteroatoms. The number of nitrogens with zero attached hydrogens (tertiary/aromatic N) is 3. The number of nitrogens with one attached hydrogen (secondary N) is 1. The van der Waals surface area contributed by atoms with Gasteiger partial charge in [-0.2, -0.15) is 0 Å². The first-order chi connectivity index (χ1) is 11.8. The summed E-state index contributed by atoms with van der Waals surface area (Å²) in [5, 5.41) is 6.46. The van der Waals surface area contributed by atoms with Crippen molar-refractivity contribution in [3.05, 3.63) is 16.1 Å². The highest BCUT2D eigenvalue weighted by Gasteiger charge is 2.36. The Bertz CT molecular complexity index is 621. The molecule has 0 amide bonds. The molecule has 0 aliphatic carbocycles. The SMILES string of the molecule is CCNC(=NCc1nc(C(C)(C)C)cs1)N1CC(C)C(C(=O)OC)C1. The summed E-state index contributed by atoms with van der Waals surface area (Å²) in [4.78, 5) is 23.5. The van der Waals surface area contributed by atoms with Gasteiger partial charge in [-0.25, -0.2) is 9.98 Å². The summed E-state index contributed by atoms with van der Waals surface area (Å²) in [6.45, 7) is 13.4. The average molecular weight is 367 g/mol. The maximum atomic E-state index is 11.9. The van der Waals surface area contributed by atoms with Crippen molar-refractivity contribution in [2.45, 2.75) is 46.6 Å². The van der Waals surface area contributed by atoms with Crippen LogP contribution in [0.5, 0.6) is 0 Å². The van der Waals surface area contributed by atoms with Gasteiger partial charge in [-0.15, -0.1) is 11.3 Å². The highest BCUT2D eigenvalue weighted by atomic mass is 32.1. The van der Waals surface area contributed by atoms with Crippen molar-refractivity contribution >= 4 is 23.3 Å². The second-order valence-electron chi connectivity index (χ2n) is 7.56. The van der Waals surface area contributed by atoms with Crippen LogP contribution in [0.25, 0.3) is 0 Å². The van der Waals surface area contributed by atoms with Crippen molar-refractivity contribution < 1.29 is 9.53 Å². The summed E-state index contributed by atoms with van der Waals surface area (Å²) >= 11 is 1.65. The summed E-state index contributed by atoms with van der Waals surface area (Å²) in [6.07, 6.45) is 0. The predicted octanol–water partition coefficient (Wildman–Crippen LogP) is 2.65. The summed E-state index contributed by atoms with van der Waals surface area (Å²) in [7, 11) is 1.45. The summed E-state index contributed by atoms with van der Waals surface area (Å²) in [5.41, 5.74) is 1.16. The Labute approximate surface area is 154 Å². The summed E-state index contributed by atoms with van der Waals surface area (Å²) < 4.78 is 4.92. The number of hydrogen-bond donors (Lipinski definition) is 1. The molecule has 1 fully saturated rings. The van der Waals surface area contributed by atoms with Gasteiger partial charge in [-0.1, -0.05) is 27.7 Å². The molecule has 2 rings (SSSR count). The molecule has 140 valence electrons. The van der Waals surface area contributed by atoms with E-state index in [1.54, 1.807) is 11.3 Å². The molecule has 2 atom stereocenters. The number of aliphatic imine (C=N–C) groups is 1. The molecule has 0 radical (unpaired) electrons. The number of carbonyl (C=O) groups excluding carboxylic acids is 1. The van der Waals surface area contributed by atoms with Crippen molar-refractivity contribution in [2.24, 2.45) is 16.8 Å². The predicted molar refractivity (Wildman–Crippen MR) is 102 cm³/mol. The van der Waals surface area contributed by atoms with Gasteiger partial charge in [0, 0.05) is 30.4 Å². The van der Waals surface area contributed by atoms with Crippen LogP contribution < -0.4 is 5.32 Å². The van der Waals surface area contributed by atoms with Crippen molar-refractivity contribution in [1.82, 2.24) is 15.2 Å². The fraction of sp³-hybridized carbons (Fsp3) is 0.722. The lowest BCUT2D eigenvalue weighted by Gasteiger charge is -2.21. The van der Waals surface area contributed by atoms with Crippen LogP contribution in [0, 0.1) is 11.8 Å². The van der Waals surface area contributed by atoms with Crippen LogP contribution in [0.1, 0.15) is 45.3 Å². The van der Waals surface area contributed by atoms with E-state index in [9.17, 15) is 4.79 Å². The molecule has 0 bridgehead atoms. The second kappa shape index (κ2) is 8.17. The highest BCUT2D eigenvalue weighted by Crippen LogP contribution is 2.26. The molecule has 2 unspecified atom stereocenters. The zero-order chi connectivity index (χ0) is 18.6. The lowest BCUT2D eigenvalue weighted by atomic mass is 9.93. The number of likely N-dealkylation sites (tertiary alicyclic amines) is 1. The minimum absolute atomic E-state index is 0.0566. The number of hydrogen-bond acceptors (Lipinski definition) is 5.